The molecule has 19 heavy (non-hydrogen) atoms. The van der Waals surface area contributed by atoms with E-state index in [-0.39, 0.29) is 4.90 Å². The molecular weight excluding hydrogens is 330 g/mol. The molecule has 0 fully saturated rings. The molecule has 4 nitrogen and oxygen atoms in total. The largest absolute Gasteiger partial charge is 0.350 e. The number of rotatable bonds is 3. The lowest BCUT2D eigenvalue weighted by Gasteiger charge is -2.23. The molecule has 0 spiro atoms. The van der Waals surface area contributed by atoms with Crippen molar-refractivity contribution in [2.45, 2.75) is 43.4 Å². The van der Waals surface area contributed by atoms with E-state index in [1.165, 1.54) is 19.1 Å². The van der Waals surface area contributed by atoms with Crippen LogP contribution in [0.3, 0.4) is 0 Å². The molecule has 1 atom stereocenters. The SMILES string of the molecule is C[C@H](C(=O)NC(C)(C)C)S(=O)(=O)c1cccc(Br)c1. The predicted molar refractivity (Wildman–Crippen MR) is 78.7 cm³/mol. The van der Waals surface area contributed by atoms with E-state index in [2.05, 4.69) is 21.2 Å². The highest BCUT2D eigenvalue weighted by molar-refractivity contribution is 9.10. The number of benzene rings is 1. The summed E-state index contributed by atoms with van der Waals surface area (Å²) in [6.45, 7) is 6.83. The Morgan fingerprint density at radius 1 is 1.32 bits per heavy atom. The van der Waals surface area contributed by atoms with Crippen LogP contribution in [-0.4, -0.2) is 25.1 Å². The zero-order chi connectivity index (χ0) is 14.8. The Morgan fingerprint density at radius 3 is 2.37 bits per heavy atom. The van der Waals surface area contributed by atoms with Crippen LogP contribution in [0, 0.1) is 0 Å². The van der Waals surface area contributed by atoms with Crippen LogP contribution in [0.4, 0.5) is 0 Å². The topological polar surface area (TPSA) is 63.2 Å². The number of hydrogen-bond donors (Lipinski definition) is 1. The summed E-state index contributed by atoms with van der Waals surface area (Å²) in [4.78, 5) is 12.1. The lowest BCUT2D eigenvalue weighted by atomic mass is 10.1. The minimum absolute atomic E-state index is 0.137. The fourth-order valence-electron chi connectivity index (χ4n) is 1.46. The Kier molecular flexibility index (Phi) is 4.79. The first-order chi connectivity index (χ1) is 8.54. The lowest BCUT2D eigenvalue weighted by molar-refractivity contribution is -0.121. The minimum Gasteiger partial charge on any atom is -0.350 e. The molecule has 0 aliphatic carbocycles. The molecule has 0 saturated carbocycles. The van der Waals surface area contributed by atoms with Crippen molar-refractivity contribution in [1.82, 2.24) is 5.32 Å². The molecule has 0 unspecified atom stereocenters. The Morgan fingerprint density at radius 2 is 1.89 bits per heavy atom. The van der Waals surface area contributed by atoms with Gasteiger partial charge in [-0.2, -0.15) is 0 Å². The van der Waals surface area contributed by atoms with E-state index in [9.17, 15) is 13.2 Å². The number of amides is 1. The molecule has 0 aromatic heterocycles. The van der Waals surface area contributed by atoms with Crippen LogP contribution in [0.5, 0.6) is 0 Å². The molecule has 6 heteroatoms. The van der Waals surface area contributed by atoms with Gasteiger partial charge in [-0.3, -0.25) is 4.79 Å². The van der Waals surface area contributed by atoms with Crippen molar-refractivity contribution in [3.63, 3.8) is 0 Å². The molecule has 106 valence electrons. The van der Waals surface area contributed by atoms with Gasteiger partial charge < -0.3 is 5.32 Å². The minimum atomic E-state index is -3.68. The second-order valence-corrected chi connectivity index (χ2v) is 8.57. The van der Waals surface area contributed by atoms with Gasteiger partial charge in [0.25, 0.3) is 0 Å². The normalized spacial score (nSPS) is 13.9. The Bertz CT molecular complexity index is 576. The Labute approximate surface area is 122 Å². The molecule has 1 rings (SSSR count). The highest BCUT2D eigenvalue weighted by Crippen LogP contribution is 2.20. The molecule has 0 aliphatic rings. The van der Waals surface area contributed by atoms with Gasteiger partial charge in [-0.05, 0) is 45.9 Å². The molecule has 1 amide bonds. The van der Waals surface area contributed by atoms with Gasteiger partial charge in [-0.1, -0.05) is 22.0 Å². The van der Waals surface area contributed by atoms with Gasteiger partial charge in [-0.25, -0.2) is 8.42 Å². The van der Waals surface area contributed by atoms with E-state index in [4.69, 9.17) is 0 Å². The molecular formula is C13H18BrNO3S. The van der Waals surface area contributed by atoms with Crippen LogP contribution < -0.4 is 5.32 Å². The highest BCUT2D eigenvalue weighted by Gasteiger charge is 2.31. The summed E-state index contributed by atoms with van der Waals surface area (Å²) < 4.78 is 25.3. The molecule has 0 heterocycles. The van der Waals surface area contributed by atoms with Crippen molar-refractivity contribution in [3.8, 4) is 0 Å². The van der Waals surface area contributed by atoms with E-state index in [0.717, 1.165) is 0 Å². The van der Waals surface area contributed by atoms with E-state index in [0.29, 0.717) is 4.47 Å². The van der Waals surface area contributed by atoms with Gasteiger partial charge in [-0.15, -0.1) is 0 Å². The number of carbonyl (C=O) groups excluding carboxylic acids is 1. The maximum atomic E-state index is 12.3. The molecule has 0 aliphatic heterocycles. The van der Waals surface area contributed by atoms with Crippen molar-refractivity contribution >= 4 is 31.7 Å². The molecule has 1 aromatic carbocycles. The predicted octanol–water partition coefficient (Wildman–Crippen LogP) is 2.53. The zero-order valence-electron chi connectivity index (χ0n) is 11.4. The number of halogens is 1. The van der Waals surface area contributed by atoms with Crippen molar-refractivity contribution in [1.29, 1.82) is 0 Å². The summed E-state index contributed by atoms with van der Waals surface area (Å²) in [7, 11) is -3.68. The zero-order valence-corrected chi connectivity index (χ0v) is 13.8. The van der Waals surface area contributed by atoms with Gasteiger partial charge in [0.15, 0.2) is 9.84 Å². The summed E-state index contributed by atoms with van der Waals surface area (Å²) >= 11 is 3.22. The van der Waals surface area contributed by atoms with Crippen LogP contribution in [0.25, 0.3) is 0 Å². The first-order valence-electron chi connectivity index (χ1n) is 5.85. The smallest absolute Gasteiger partial charge is 0.238 e. The third-order valence-electron chi connectivity index (χ3n) is 2.46. The second kappa shape index (κ2) is 5.63. The first-order valence-corrected chi connectivity index (χ1v) is 8.19. The van der Waals surface area contributed by atoms with Crippen LogP contribution in [0.15, 0.2) is 33.6 Å². The van der Waals surface area contributed by atoms with E-state index < -0.39 is 26.5 Å². The fourth-order valence-corrected chi connectivity index (χ4v) is 3.32. The van der Waals surface area contributed by atoms with Gasteiger partial charge in [0.1, 0.15) is 5.25 Å². The van der Waals surface area contributed by atoms with Gasteiger partial charge >= 0.3 is 0 Å². The maximum Gasteiger partial charge on any atom is 0.238 e. The van der Waals surface area contributed by atoms with Crippen molar-refractivity contribution < 1.29 is 13.2 Å². The highest BCUT2D eigenvalue weighted by atomic mass is 79.9. The fraction of sp³-hybridized carbons (Fsp3) is 0.462. The third-order valence-corrected chi connectivity index (χ3v) is 5.01. The summed E-state index contributed by atoms with van der Waals surface area (Å²) in [5, 5.41) is 1.56. The van der Waals surface area contributed by atoms with Crippen molar-refractivity contribution in [2.75, 3.05) is 0 Å². The van der Waals surface area contributed by atoms with Crippen LogP contribution in [0.1, 0.15) is 27.7 Å². The average Bonchev–Trinajstić information content (AvgIpc) is 2.25. The maximum absolute atomic E-state index is 12.3. The van der Waals surface area contributed by atoms with Crippen molar-refractivity contribution in [2.24, 2.45) is 0 Å². The number of hydrogen-bond acceptors (Lipinski definition) is 3. The molecule has 0 bridgehead atoms. The molecule has 0 radical (unpaired) electrons. The number of sulfone groups is 1. The summed E-state index contributed by atoms with van der Waals surface area (Å²) in [5.41, 5.74) is -0.460. The first kappa shape index (κ1) is 16.2. The standard InChI is InChI=1S/C13H18BrNO3S/c1-9(12(16)15-13(2,3)4)19(17,18)11-7-5-6-10(14)8-11/h5-9H,1-4H3,(H,15,16)/t9-/m1/s1. The van der Waals surface area contributed by atoms with E-state index >= 15 is 0 Å². The number of nitrogens with one attached hydrogen (secondary N) is 1. The van der Waals surface area contributed by atoms with E-state index in [1.54, 1.807) is 12.1 Å². The van der Waals surface area contributed by atoms with Gasteiger partial charge in [0.2, 0.25) is 5.91 Å². The summed E-state index contributed by atoms with van der Waals surface area (Å²) in [6, 6.07) is 6.35. The monoisotopic (exact) mass is 347 g/mol. The Balaban J connectivity index is 3.04. The Hall–Kier alpha value is -0.880. The van der Waals surface area contributed by atoms with Crippen LogP contribution in [-0.2, 0) is 14.6 Å². The van der Waals surface area contributed by atoms with Gasteiger partial charge in [0.05, 0.1) is 4.90 Å². The average molecular weight is 348 g/mol. The molecule has 1 aromatic rings. The molecule has 1 N–H and O–H groups in total. The second-order valence-electron chi connectivity index (χ2n) is 5.38. The third kappa shape index (κ3) is 4.31. The van der Waals surface area contributed by atoms with Gasteiger partial charge in [0, 0.05) is 10.0 Å². The quantitative estimate of drug-likeness (QED) is 0.913. The molecule has 0 saturated heterocycles. The number of carbonyl (C=O) groups is 1. The van der Waals surface area contributed by atoms with Crippen LogP contribution in [0.2, 0.25) is 0 Å². The van der Waals surface area contributed by atoms with Crippen molar-refractivity contribution in [3.05, 3.63) is 28.7 Å². The summed E-state index contributed by atoms with van der Waals surface area (Å²) in [6.07, 6.45) is 0. The van der Waals surface area contributed by atoms with Crippen LogP contribution >= 0.6 is 15.9 Å². The van der Waals surface area contributed by atoms with E-state index in [1.807, 2.05) is 20.8 Å². The lowest BCUT2D eigenvalue weighted by Crippen LogP contribution is -2.47. The summed E-state index contributed by atoms with van der Waals surface area (Å²) in [5.74, 6) is -0.493.